The van der Waals surface area contributed by atoms with Crippen LogP contribution in [0.15, 0.2) is 12.4 Å². The Kier molecular flexibility index (Phi) is 2.53. The van der Waals surface area contributed by atoms with E-state index >= 15 is 0 Å². The number of anilines is 1. The zero-order valence-electron chi connectivity index (χ0n) is 8.33. The molecule has 16 heavy (non-hydrogen) atoms. The molecule has 0 radical (unpaired) electrons. The van der Waals surface area contributed by atoms with Crippen molar-refractivity contribution in [3.63, 3.8) is 0 Å². The van der Waals surface area contributed by atoms with Crippen molar-refractivity contribution in [2.75, 3.05) is 11.4 Å². The van der Waals surface area contributed by atoms with Crippen LogP contribution in [0.4, 0.5) is 5.82 Å². The van der Waals surface area contributed by atoms with E-state index < -0.39 is 5.97 Å². The largest absolute Gasteiger partial charge is 0.476 e. The minimum Gasteiger partial charge on any atom is -0.476 e. The maximum Gasteiger partial charge on any atom is 0.356 e. The van der Waals surface area contributed by atoms with Gasteiger partial charge in [-0.1, -0.05) is 0 Å². The molecule has 7 heteroatoms. The molecule has 0 aliphatic carbocycles. The molecule has 2 heterocycles. The number of nitrogens with two attached hydrogens (primary N) is 1. The van der Waals surface area contributed by atoms with Crippen molar-refractivity contribution in [3.05, 3.63) is 18.1 Å². The van der Waals surface area contributed by atoms with Gasteiger partial charge in [0, 0.05) is 19.0 Å². The molecule has 1 aromatic heterocycles. The lowest BCUT2D eigenvalue weighted by atomic mass is 10.3. The van der Waals surface area contributed by atoms with E-state index in [1.807, 2.05) is 0 Å². The Morgan fingerprint density at radius 3 is 2.69 bits per heavy atom. The molecule has 1 amide bonds. The van der Waals surface area contributed by atoms with Crippen molar-refractivity contribution >= 4 is 17.7 Å². The van der Waals surface area contributed by atoms with Gasteiger partial charge in [-0.25, -0.2) is 14.8 Å². The molecule has 1 aliphatic rings. The second-order valence-electron chi connectivity index (χ2n) is 3.53. The highest BCUT2D eigenvalue weighted by Gasteiger charge is 2.29. The molecule has 2 rings (SSSR count). The van der Waals surface area contributed by atoms with E-state index in [0.29, 0.717) is 12.4 Å². The molecule has 1 aliphatic heterocycles. The van der Waals surface area contributed by atoms with E-state index in [1.54, 1.807) is 0 Å². The third-order valence-corrected chi connectivity index (χ3v) is 2.29. The third kappa shape index (κ3) is 1.84. The molecule has 0 saturated carbocycles. The molecule has 0 aromatic carbocycles. The highest BCUT2D eigenvalue weighted by Crippen LogP contribution is 2.17. The van der Waals surface area contributed by atoms with Crippen LogP contribution in [-0.2, 0) is 4.79 Å². The van der Waals surface area contributed by atoms with Crippen molar-refractivity contribution in [2.45, 2.75) is 12.5 Å². The molecule has 1 aromatic rings. The summed E-state index contributed by atoms with van der Waals surface area (Å²) in [7, 11) is 0. The van der Waals surface area contributed by atoms with Crippen LogP contribution in [0.1, 0.15) is 16.9 Å². The Morgan fingerprint density at radius 1 is 1.50 bits per heavy atom. The zero-order valence-corrected chi connectivity index (χ0v) is 8.33. The topological polar surface area (TPSA) is 109 Å². The molecule has 0 spiro atoms. The van der Waals surface area contributed by atoms with Crippen LogP contribution < -0.4 is 10.6 Å². The van der Waals surface area contributed by atoms with Gasteiger partial charge in [0.25, 0.3) is 0 Å². The van der Waals surface area contributed by atoms with Crippen LogP contribution in [-0.4, -0.2) is 39.5 Å². The van der Waals surface area contributed by atoms with Crippen LogP contribution in [0.2, 0.25) is 0 Å². The Bertz CT molecular complexity index is 431. The fourth-order valence-corrected chi connectivity index (χ4v) is 1.53. The van der Waals surface area contributed by atoms with E-state index in [0.717, 1.165) is 6.20 Å². The molecule has 1 unspecified atom stereocenters. The smallest absolute Gasteiger partial charge is 0.356 e. The van der Waals surface area contributed by atoms with Gasteiger partial charge in [-0.05, 0) is 0 Å². The third-order valence-electron chi connectivity index (χ3n) is 2.29. The summed E-state index contributed by atoms with van der Waals surface area (Å²) in [6, 6.07) is -0.201. The van der Waals surface area contributed by atoms with Gasteiger partial charge in [-0.15, -0.1) is 0 Å². The van der Waals surface area contributed by atoms with Gasteiger partial charge in [-0.3, -0.25) is 9.69 Å². The van der Waals surface area contributed by atoms with E-state index in [4.69, 9.17) is 10.8 Å². The summed E-state index contributed by atoms with van der Waals surface area (Å²) in [5.41, 5.74) is 5.47. The van der Waals surface area contributed by atoms with Crippen molar-refractivity contribution in [1.29, 1.82) is 0 Å². The van der Waals surface area contributed by atoms with Crippen molar-refractivity contribution < 1.29 is 14.7 Å². The number of carboxylic acid groups (broad SMARTS) is 1. The van der Waals surface area contributed by atoms with Crippen LogP contribution in [0.3, 0.4) is 0 Å². The van der Waals surface area contributed by atoms with Crippen LogP contribution >= 0.6 is 0 Å². The number of aromatic carboxylic acids is 1. The number of carboxylic acids is 1. The summed E-state index contributed by atoms with van der Waals surface area (Å²) in [5, 5.41) is 8.63. The molecule has 84 valence electrons. The summed E-state index contributed by atoms with van der Waals surface area (Å²) in [4.78, 5) is 31.0. The zero-order chi connectivity index (χ0) is 11.7. The Labute approximate surface area is 90.9 Å². The number of nitrogens with zero attached hydrogens (tertiary/aromatic N) is 3. The van der Waals surface area contributed by atoms with E-state index in [1.165, 1.54) is 11.1 Å². The Balaban J connectivity index is 2.22. The summed E-state index contributed by atoms with van der Waals surface area (Å²) >= 11 is 0. The van der Waals surface area contributed by atoms with Gasteiger partial charge < -0.3 is 10.8 Å². The maximum absolute atomic E-state index is 11.5. The maximum atomic E-state index is 11.5. The lowest BCUT2D eigenvalue weighted by Gasteiger charge is -2.13. The van der Waals surface area contributed by atoms with Crippen molar-refractivity contribution in [1.82, 2.24) is 9.97 Å². The lowest BCUT2D eigenvalue weighted by molar-refractivity contribution is -0.117. The minimum atomic E-state index is -1.15. The standard InChI is InChI=1S/C9H10N4O3/c10-5-1-8(14)13(4-5)7-3-11-6(2-12-7)9(15)16/h2-3,5H,1,4,10H2,(H,15,16). The van der Waals surface area contributed by atoms with E-state index in [9.17, 15) is 9.59 Å². The summed E-state index contributed by atoms with van der Waals surface area (Å²) in [5.74, 6) is -0.934. The molecular weight excluding hydrogens is 212 g/mol. The first-order valence-electron chi connectivity index (χ1n) is 4.69. The predicted octanol–water partition coefficient (Wildman–Crippen LogP) is -0.761. The highest BCUT2D eigenvalue weighted by molar-refractivity contribution is 5.95. The fourth-order valence-electron chi connectivity index (χ4n) is 1.53. The van der Waals surface area contributed by atoms with Gasteiger partial charge in [-0.2, -0.15) is 0 Å². The first-order valence-corrected chi connectivity index (χ1v) is 4.69. The van der Waals surface area contributed by atoms with Crippen LogP contribution in [0.25, 0.3) is 0 Å². The first kappa shape index (κ1) is 10.5. The first-order chi connectivity index (χ1) is 7.58. The molecule has 3 N–H and O–H groups in total. The van der Waals surface area contributed by atoms with Crippen molar-refractivity contribution in [2.24, 2.45) is 5.73 Å². The average molecular weight is 222 g/mol. The second kappa shape index (κ2) is 3.86. The van der Waals surface area contributed by atoms with Gasteiger partial charge >= 0.3 is 5.97 Å². The van der Waals surface area contributed by atoms with Gasteiger partial charge in [0.2, 0.25) is 5.91 Å². The molecule has 0 bridgehead atoms. The predicted molar refractivity (Wildman–Crippen MR) is 53.9 cm³/mol. The van der Waals surface area contributed by atoms with Gasteiger partial charge in [0.1, 0.15) is 0 Å². The lowest BCUT2D eigenvalue weighted by Crippen LogP contribution is -2.28. The quantitative estimate of drug-likeness (QED) is 0.680. The average Bonchev–Trinajstić information content (AvgIpc) is 2.58. The summed E-state index contributed by atoms with van der Waals surface area (Å²) < 4.78 is 0. The summed E-state index contributed by atoms with van der Waals surface area (Å²) in [6.45, 7) is 0.389. The number of carbonyl (C=O) groups is 2. The number of amides is 1. The molecule has 1 atom stereocenters. The molecule has 1 saturated heterocycles. The number of carbonyl (C=O) groups excluding carboxylic acids is 1. The van der Waals surface area contributed by atoms with Gasteiger partial charge in [0.05, 0.1) is 12.4 Å². The normalized spacial score (nSPS) is 20.2. The number of rotatable bonds is 2. The SMILES string of the molecule is NC1CC(=O)N(c2cnc(C(=O)O)cn2)C1. The fraction of sp³-hybridized carbons (Fsp3) is 0.333. The van der Waals surface area contributed by atoms with E-state index in [2.05, 4.69) is 9.97 Å². The minimum absolute atomic E-state index is 0.120. The Hall–Kier alpha value is -2.02. The van der Waals surface area contributed by atoms with Crippen LogP contribution in [0.5, 0.6) is 0 Å². The summed E-state index contributed by atoms with van der Waals surface area (Å²) in [6.07, 6.45) is 2.66. The monoisotopic (exact) mass is 222 g/mol. The van der Waals surface area contributed by atoms with Crippen molar-refractivity contribution in [3.8, 4) is 0 Å². The molecular formula is C9H10N4O3. The molecule has 7 nitrogen and oxygen atoms in total. The highest BCUT2D eigenvalue weighted by atomic mass is 16.4. The van der Waals surface area contributed by atoms with Gasteiger partial charge in [0.15, 0.2) is 11.5 Å². The Morgan fingerprint density at radius 2 is 2.25 bits per heavy atom. The van der Waals surface area contributed by atoms with Crippen LogP contribution in [0, 0.1) is 0 Å². The number of hydrogen-bond donors (Lipinski definition) is 2. The number of aromatic nitrogens is 2. The number of hydrogen-bond acceptors (Lipinski definition) is 5. The second-order valence-corrected chi connectivity index (χ2v) is 3.53. The van der Waals surface area contributed by atoms with E-state index in [-0.39, 0.29) is 24.1 Å². The molecule has 1 fully saturated rings.